The highest BCUT2D eigenvalue weighted by molar-refractivity contribution is 5.91. The number of amides is 1. The van der Waals surface area contributed by atoms with Crippen LogP contribution in [0.5, 0.6) is 0 Å². The first-order valence-corrected chi connectivity index (χ1v) is 7.62. The predicted molar refractivity (Wildman–Crippen MR) is 82.8 cm³/mol. The van der Waals surface area contributed by atoms with E-state index in [1.54, 1.807) is 18.2 Å². The fourth-order valence-corrected chi connectivity index (χ4v) is 2.53. The van der Waals surface area contributed by atoms with Crippen molar-refractivity contribution in [3.63, 3.8) is 0 Å². The molecule has 0 atom stereocenters. The van der Waals surface area contributed by atoms with Gasteiger partial charge < -0.3 is 9.32 Å². The lowest BCUT2D eigenvalue weighted by Crippen LogP contribution is -2.32. The third-order valence-electron chi connectivity index (χ3n) is 3.87. The standard InChI is InChI=1S/C18H16F3NO2/c19-18(20,21)16-6-2-1-4-13(16)12-22(14-7-8-14)17(23)10-9-15-5-3-11-24-15/h1-6,9-11,14H,7-8,12H2/b10-9+. The molecule has 1 aromatic heterocycles. The molecule has 0 aliphatic heterocycles. The van der Waals surface area contributed by atoms with Crippen LogP contribution in [-0.4, -0.2) is 16.8 Å². The number of carbonyl (C=O) groups is 1. The zero-order valence-electron chi connectivity index (χ0n) is 12.8. The Hall–Kier alpha value is -2.50. The Morgan fingerprint density at radius 3 is 2.58 bits per heavy atom. The number of carbonyl (C=O) groups excluding carboxylic acids is 1. The molecule has 0 spiro atoms. The Labute approximate surface area is 137 Å². The summed E-state index contributed by atoms with van der Waals surface area (Å²) in [5.41, 5.74) is -0.588. The SMILES string of the molecule is O=C(/C=C/c1ccco1)N(Cc1ccccc1C(F)(F)F)C1CC1. The molecule has 1 amide bonds. The van der Waals surface area contributed by atoms with Crippen LogP contribution in [0.25, 0.3) is 6.08 Å². The molecule has 6 heteroatoms. The van der Waals surface area contributed by atoms with Gasteiger partial charge in [0.2, 0.25) is 5.91 Å². The van der Waals surface area contributed by atoms with E-state index in [2.05, 4.69) is 0 Å². The van der Waals surface area contributed by atoms with Crippen molar-refractivity contribution in [3.8, 4) is 0 Å². The molecule has 1 aliphatic carbocycles. The minimum atomic E-state index is -4.43. The van der Waals surface area contributed by atoms with E-state index in [1.807, 2.05) is 0 Å². The normalized spacial score (nSPS) is 15.0. The lowest BCUT2D eigenvalue weighted by molar-refractivity contribution is -0.139. The van der Waals surface area contributed by atoms with Gasteiger partial charge in [0.1, 0.15) is 5.76 Å². The highest BCUT2D eigenvalue weighted by atomic mass is 19.4. The Balaban J connectivity index is 1.79. The van der Waals surface area contributed by atoms with Crippen molar-refractivity contribution < 1.29 is 22.4 Å². The summed E-state index contributed by atoms with van der Waals surface area (Å²) < 4.78 is 44.5. The van der Waals surface area contributed by atoms with E-state index in [0.29, 0.717) is 5.76 Å². The lowest BCUT2D eigenvalue weighted by atomic mass is 10.1. The average Bonchev–Trinajstić information content (AvgIpc) is 3.25. The fourth-order valence-electron chi connectivity index (χ4n) is 2.53. The molecule has 1 heterocycles. The second kappa shape index (κ2) is 6.55. The molecule has 0 unspecified atom stereocenters. The van der Waals surface area contributed by atoms with Crippen LogP contribution >= 0.6 is 0 Å². The molecule has 126 valence electrons. The molecular formula is C18H16F3NO2. The number of benzene rings is 1. The summed E-state index contributed by atoms with van der Waals surface area (Å²) in [7, 11) is 0. The Bertz CT molecular complexity index is 731. The molecule has 3 rings (SSSR count). The van der Waals surface area contributed by atoms with Gasteiger partial charge in [0.05, 0.1) is 11.8 Å². The van der Waals surface area contributed by atoms with E-state index in [0.717, 1.165) is 18.9 Å². The van der Waals surface area contributed by atoms with Crippen LogP contribution in [0.1, 0.15) is 29.7 Å². The van der Waals surface area contributed by atoms with Crippen molar-refractivity contribution in [3.05, 3.63) is 65.6 Å². The molecule has 0 bridgehead atoms. The van der Waals surface area contributed by atoms with Gasteiger partial charge in [0.15, 0.2) is 0 Å². The van der Waals surface area contributed by atoms with Crippen molar-refractivity contribution in [2.24, 2.45) is 0 Å². The number of nitrogens with zero attached hydrogens (tertiary/aromatic N) is 1. The number of furan rings is 1. The fraction of sp³-hybridized carbons (Fsp3) is 0.278. The Morgan fingerprint density at radius 2 is 1.96 bits per heavy atom. The van der Waals surface area contributed by atoms with Crippen LogP contribution in [-0.2, 0) is 17.5 Å². The van der Waals surface area contributed by atoms with Gasteiger partial charge in [-0.1, -0.05) is 18.2 Å². The third-order valence-corrected chi connectivity index (χ3v) is 3.87. The zero-order chi connectivity index (χ0) is 17.2. The lowest BCUT2D eigenvalue weighted by Gasteiger charge is -2.23. The highest BCUT2D eigenvalue weighted by Crippen LogP contribution is 2.34. The number of halogens is 3. The summed E-state index contributed by atoms with van der Waals surface area (Å²) in [5.74, 6) is 0.209. The van der Waals surface area contributed by atoms with Crippen molar-refractivity contribution in [1.82, 2.24) is 4.90 Å². The zero-order valence-corrected chi connectivity index (χ0v) is 12.8. The van der Waals surface area contributed by atoms with Crippen molar-refractivity contribution in [1.29, 1.82) is 0 Å². The topological polar surface area (TPSA) is 33.5 Å². The molecule has 0 radical (unpaired) electrons. The van der Waals surface area contributed by atoms with E-state index in [-0.39, 0.29) is 24.1 Å². The second-order valence-corrected chi connectivity index (χ2v) is 5.70. The molecule has 0 saturated heterocycles. The van der Waals surface area contributed by atoms with Gasteiger partial charge >= 0.3 is 6.18 Å². The second-order valence-electron chi connectivity index (χ2n) is 5.70. The van der Waals surface area contributed by atoms with Crippen molar-refractivity contribution in [2.45, 2.75) is 31.6 Å². The van der Waals surface area contributed by atoms with E-state index in [9.17, 15) is 18.0 Å². The summed E-state index contributed by atoms with van der Waals surface area (Å²) in [6, 6.07) is 8.77. The first kappa shape index (κ1) is 16.4. The predicted octanol–water partition coefficient (Wildman–Crippen LogP) is 4.50. The van der Waals surface area contributed by atoms with E-state index in [4.69, 9.17) is 4.42 Å². The number of rotatable bonds is 5. The van der Waals surface area contributed by atoms with Gasteiger partial charge in [-0.15, -0.1) is 0 Å². The third kappa shape index (κ3) is 3.88. The summed E-state index contributed by atoms with van der Waals surface area (Å²) in [6.07, 6.45) is 1.55. The van der Waals surface area contributed by atoms with Gasteiger partial charge in [-0.3, -0.25) is 4.79 Å². The van der Waals surface area contributed by atoms with Crippen LogP contribution in [0.3, 0.4) is 0 Å². The van der Waals surface area contributed by atoms with Gasteiger partial charge in [-0.25, -0.2) is 0 Å². The van der Waals surface area contributed by atoms with E-state index in [1.165, 1.54) is 35.4 Å². The molecule has 2 aromatic rings. The van der Waals surface area contributed by atoms with Crippen LogP contribution in [0.2, 0.25) is 0 Å². The smallest absolute Gasteiger partial charge is 0.416 e. The molecule has 0 N–H and O–H groups in total. The maximum atomic E-state index is 13.1. The summed E-state index contributed by atoms with van der Waals surface area (Å²) >= 11 is 0. The van der Waals surface area contributed by atoms with Crippen LogP contribution < -0.4 is 0 Å². The van der Waals surface area contributed by atoms with Gasteiger partial charge in [-0.05, 0) is 42.7 Å². The Kier molecular flexibility index (Phi) is 4.46. The first-order valence-electron chi connectivity index (χ1n) is 7.62. The molecule has 1 aromatic carbocycles. The van der Waals surface area contributed by atoms with Crippen LogP contribution in [0, 0.1) is 0 Å². The number of alkyl halides is 3. The minimum absolute atomic E-state index is 0.0000378. The first-order chi connectivity index (χ1) is 11.4. The number of hydrogen-bond acceptors (Lipinski definition) is 2. The maximum Gasteiger partial charge on any atom is 0.416 e. The summed E-state index contributed by atoms with van der Waals surface area (Å²) in [5, 5.41) is 0. The van der Waals surface area contributed by atoms with E-state index < -0.39 is 11.7 Å². The molecule has 1 aliphatic rings. The molecular weight excluding hydrogens is 319 g/mol. The molecule has 3 nitrogen and oxygen atoms in total. The molecule has 1 saturated carbocycles. The number of hydrogen-bond donors (Lipinski definition) is 0. The van der Waals surface area contributed by atoms with Gasteiger partial charge in [-0.2, -0.15) is 13.2 Å². The minimum Gasteiger partial charge on any atom is -0.465 e. The summed E-state index contributed by atoms with van der Waals surface area (Å²) in [6.45, 7) is -0.0539. The largest absolute Gasteiger partial charge is 0.465 e. The van der Waals surface area contributed by atoms with Crippen LogP contribution in [0.4, 0.5) is 13.2 Å². The quantitative estimate of drug-likeness (QED) is 0.754. The summed E-state index contributed by atoms with van der Waals surface area (Å²) in [4.78, 5) is 13.9. The van der Waals surface area contributed by atoms with Gasteiger partial charge in [0.25, 0.3) is 0 Å². The molecule has 24 heavy (non-hydrogen) atoms. The Morgan fingerprint density at radius 1 is 1.21 bits per heavy atom. The highest BCUT2D eigenvalue weighted by Gasteiger charge is 2.36. The van der Waals surface area contributed by atoms with Crippen LogP contribution in [0.15, 0.2) is 53.2 Å². The maximum absolute atomic E-state index is 13.1. The monoisotopic (exact) mass is 335 g/mol. The molecule has 1 fully saturated rings. The van der Waals surface area contributed by atoms with Crippen molar-refractivity contribution >= 4 is 12.0 Å². The van der Waals surface area contributed by atoms with Gasteiger partial charge in [0, 0.05) is 18.7 Å². The average molecular weight is 335 g/mol. The van der Waals surface area contributed by atoms with E-state index >= 15 is 0 Å². The van der Waals surface area contributed by atoms with Crippen molar-refractivity contribution in [2.75, 3.05) is 0 Å².